The van der Waals surface area contributed by atoms with Gasteiger partial charge in [-0.25, -0.2) is 14.8 Å². The number of benzene rings is 4. The molecule has 0 unspecified atom stereocenters. The standard InChI is InChI=1S/C27H30N4O2.C15H18N2O3.C12H14N2.CH3Cl.ClH/c1-17-13-18(2)24(14-23(17)26-19(3)29-25(30-26)16-33-4)27(32)31-11-9-22(10-12-31)21-7-5-20(15-28)6-8-21;1-8-5-9(2)12(15(18)19)6-11(8)14-10(3)16-13(17-14)7-20-4;13-9-10-1-3-11(4-2-10)12-5-7-14-8-6-12;1-2;/h5-8,13-14,22H,9-12,16H2,1-4H3,(H,29,30);5-6H,7H2,1-4H3,(H,16,17)(H,18,19);1-4,12,14H,5-8H2;1H3;1H. The maximum absolute atomic E-state index is 13.5. The number of hydrogen-bond acceptors (Lipinski definition) is 9. The van der Waals surface area contributed by atoms with Crippen molar-refractivity contribution in [2.45, 2.75) is 92.3 Å². The number of halogens is 2. The Balaban J connectivity index is 0.000000245. The van der Waals surface area contributed by atoms with E-state index in [2.05, 4.69) is 69.1 Å². The van der Waals surface area contributed by atoms with Crippen molar-refractivity contribution in [1.82, 2.24) is 30.2 Å². The molecular weight excluding hydrogens is 924 g/mol. The average Bonchev–Trinajstić information content (AvgIpc) is 3.92. The number of amides is 1. The van der Waals surface area contributed by atoms with Gasteiger partial charge in [0, 0.05) is 61.8 Å². The van der Waals surface area contributed by atoms with Gasteiger partial charge in [-0.05, 0) is 162 Å². The van der Waals surface area contributed by atoms with Crippen molar-refractivity contribution in [1.29, 1.82) is 10.5 Å². The number of aromatic nitrogens is 4. The molecule has 4 aromatic carbocycles. The van der Waals surface area contributed by atoms with Gasteiger partial charge in [0.1, 0.15) is 24.9 Å². The van der Waals surface area contributed by atoms with Gasteiger partial charge in [0.2, 0.25) is 0 Å². The zero-order valence-corrected chi connectivity index (χ0v) is 43.3. The molecule has 1 amide bonds. The maximum atomic E-state index is 13.5. The molecule has 6 aromatic rings. The van der Waals surface area contributed by atoms with Crippen LogP contribution in [-0.4, -0.2) is 88.6 Å². The molecule has 2 saturated heterocycles. The Morgan fingerprint density at radius 2 is 1.06 bits per heavy atom. The van der Waals surface area contributed by atoms with Gasteiger partial charge in [-0.1, -0.05) is 36.4 Å². The zero-order valence-electron chi connectivity index (χ0n) is 41.8. The van der Waals surface area contributed by atoms with Crippen LogP contribution < -0.4 is 5.32 Å². The van der Waals surface area contributed by atoms with Gasteiger partial charge in [0.05, 0.1) is 40.2 Å². The fourth-order valence-corrected chi connectivity index (χ4v) is 9.06. The number of likely N-dealkylation sites (tertiary alicyclic amines) is 1. The first-order chi connectivity index (χ1) is 33.2. The Kier molecular flexibility index (Phi) is 21.8. The van der Waals surface area contributed by atoms with Crippen LogP contribution in [0.15, 0.2) is 72.8 Å². The van der Waals surface area contributed by atoms with Gasteiger partial charge in [-0.3, -0.25) is 4.79 Å². The number of carboxylic acids is 1. The number of aromatic carboxylic acids is 1. The molecule has 2 aromatic heterocycles. The van der Waals surface area contributed by atoms with Crippen LogP contribution >= 0.6 is 24.0 Å². The lowest BCUT2D eigenvalue weighted by Crippen LogP contribution is -2.38. The number of carbonyl (C=O) groups excluding carboxylic acids is 1. The average molecular weight is 990 g/mol. The summed E-state index contributed by atoms with van der Waals surface area (Å²) < 4.78 is 10.3. The number of carboxylic acid groups (broad SMARTS) is 1. The predicted molar refractivity (Wildman–Crippen MR) is 279 cm³/mol. The van der Waals surface area contributed by atoms with Crippen LogP contribution in [0.25, 0.3) is 22.5 Å². The molecule has 2 aliphatic heterocycles. The second-order valence-electron chi connectivity index (χ2n) is 17.5. The molecule has 0 saturated carbocycles. The van der Waals surface area contributed by atoms with Crippen molar-refractivity contribution in [3.05, 3.63) is 151 Å². The molecule has 15 heteroatoms. The third kappa shape index (κ3) is 14.4. The van der Waals surface area contributed by atoms with Crippen molar-refractivity contribution < 1.29 is 24.2 Å². The van der Waals surface area contributed by atoms with Crippen LogP contribution in [0.2, 0.25) is 0 Å². The minimum absolute atomic E-state index is 0. The Morgan fingerprint density at radius 1 is 0.657 bits per heavy atom. The SMILES string of the molecule is CCl.COCc1nc(-c2cc(C(=O)N3CCC(c4ccc(C#N)cc4)CC3)c(C)cc2C)c(C)[nH]1.COCc1nc(-c2cc(C(=O)O)c(C)cc2C)c(C)[nH]1.Cl.N#Cc1ccc(C2CCNCC2)cc1. The molecule has 4 N–H and O–H groups in total. The molecule has 0 radical (unpaired) electrons. The normalized spacial score (nSPS) is 13.5. The number of imidazole rings is 2. The van der Waals surface area contributed by atoms with E-state index in [1.165, 1.54) is 30.4 Å². The highest BCUT2D eigenvalue weighted by Crippen LogP contribution is 2.33. The van der Waals surface area contributed by atoms with E-state index in [0.29, 0.717) is 36.2 Å². The van der Waals surface area contributed by atoms with Gasteiger partial charge in [-0.15, -0.1) is 24.0 Å². The number of aryl methyl sites for hydroxylation is 6. The monoisotopic (exact) mass is 988 g/mol. The van der Waals surface area contributed by atoms with E-state index in [1.54, 1.807) is 27.2 Å². The van der Waals surface area contributed by atoms with Crippen LogP contribution in [0.5, 0.6) is 0 Å². The Bertz CT molecular complexity index is 2760. The highest BCUT2D eigenvalue weighted by Gasteiger charge is 2.27. The van der Waals surface area contributed by atoms with Crippen molar-refractivity contribution in [2.75, 3.05) is 46.8 Å². The smallest absolute Gasteiger partial charge is 0.335 e. The van der Waals surface area contributed by atoms with Crippen LogP contribution in [0.3, 0.4) is 0 Å². The van der Waals surface area contributed by atoms with Crippen LogP contribution in [-0.2, 0) is 22.7 Å². The number of hydrogen-bond donors (Lipinski definition) is 4. The molecule has 4 heterocycles. The molecule has 0 aliphatic carbocycles. The summed E-state index contributed by atoms with van der Waals surface area (Å²) in [5.74, 6) is 1.78. The lowest BCUT2D eigenvalue weighted by atomic mass is 9.88. The summed E-state index contributed by atoms with van der Waals surface area (Å²) in [7, 11) is 3.26. The van der Waals surface area contributed by atoms with Gasteiger partial charge < -0.3 is 34.8 Å². The zero-order chi connectivity index (χ0) is 50.2. The Morgan fingerprint density at radius 3 is 1.46 bits per heavy atom. The number of nitrogens with zero attached hydrogens (tertiary/aromatic N) is 5. The summed E-state index contributed by atoms with van der Waals surface area (Å²) in [6.07, 6.45) is 5.75. The largest absolute Gasteiger partial charge is 0.478 e. The summed E-state index contributed by atoms with van der Waals surface area (Å²) in [6.45, 7) is 16.2. The fraction of sp³-hybridized carbons (Fsp3) is 0.382. The van der Waals surface area contributed by atoms with E-state index >= 15 is 0 Å². The summed E-state index contributed by atoms with van der Waals surface area (Å²) in [5, 5.41) is 30.3. The number of rotatable bonds is 10. The molecule has 0 spiro atoms. The minimum Gasteiger partial charge on any atom is -0.478 e. The third-order valence-corrected chi connectivity index (χ3v) is 12.7. The third-order valence-electron chi connectivity index (χ3n) is 12.7. The van der Waals surface area contributed by atoms with E-state index in [9.17, 15) is 14.7 Å². The van der Waals surface area contributed by atoms with Crippen LogP contribution in [0.4, 0.5) is 0 Å². The number of carbonyl (C=O) groups is 2. The lowest BCUT2D eigenvalue weighted by molar-refractivity contribution is 0.0692. The van der Waals surface area contributed by atoms with Crippen molar-refractivity contribution >= 4 is 35.9 Å². The van der Waals surface area contributed by atoms with Gasteiger partial charge >= 0.3 is 5.97 Å². The summed E-state index contributed by atoms with van der Waals surface area (Å²) >= 11 is 4.64. The van der Waals surface area contributed by atoms with E-state index in [0.717, 1.165) is 118 Å². The highest BCUT2D eigenvalue weighted by molar-refractivity contribution is 6.15. The number of piperidine rings is 2. The quantitative estimate of drug-likeness (QED) is 0.0960. The first kappa shape index (κ1) is 56.3. The number of nitriles is 2. The summed E-state index contributed by atoms with van der Waals surface area (Å²) in [5.41, 5.74) is 14.3. The van der Waals surface area contributed by atoms with Gasteiger partial charge in [-0.2, -0.15) is 10.5 Å². The number of methoxy groups -OCH3 is 2. The number of aromatic amines is 2. The molecule has 2 aliphatic rings. The van der Waals surface area contributed by atoms with Crippen molar-refractivity contribution in [3.63, 3.8) is 0 Å². The van der Waals surface area contributed by atoms with Crippen molar-refractivity contribution in [3.8, 4) is 34.7 Å². The number of ether oxygens (including phenoxy) is 2. The van der Waals surface area contributed by atoms with Crippen LogP contribution in [0, 0.1) is 64.2 Å². The minimum atomic E-state index is -0.922. The van der Waals surface area contributed by atoms with Crippen LogP contribution in [0.1, 0.15) is 126 Å². The Labute approximate surface area is 424 Å². The fourth-order valence-electron chi connectivity index (χ4n) is 9.06. The first-order valence-corrected chi connectivity index (χ1v) is 23.9. The molecule has 70 heavy (non-hydrogen) atoms. The molecular formula is C55H66Cl2N8O5. The first-order valence-electron chi connectivity index (χ1n) is 23.2. The summed E-state index contributed by atoms with van der Waals surface area (Å²) in [4.78, 5) is 42.3. The topological polar surface area (TPSA) is 193 Å². The predicted octanol–water partition coefficient (Wildman–Crippen LogP) is 11.2. The molecule has 0 bridgehead atoms. The summed E-state index contributed by atoms with van der Waals surface area (Å²) in [6, 6.07) is 27.8. The van der Waals surface area contributed by atoms with E-state index in [1.807, 2.05) is 81.1 Å². The van der Waals surface area contributed by atoms with E-state index in [4.69, 9.17) is 25.0 Å². The van der Waals surface area contributed by atoms with E-state index < -0.39 is 5.97 Å². The van der Waals surface area contributed by atoms with E-state index in [-0.39, 0.29) is 18.3 Å². The maximum Gasteiger partial charge on any atom is 0.335 e. The lowest BCUT2D eigenvalue weighted by Gasteiger charge is -2.33. The molecule has 2 fully saturated rings. The molecule has 370 valence electrons. The Hall–Kier alpha value is -6.32. The molecule has 0 atom stereocenters. The number of H-pyrrole nitrogens is 2. The molecule has 13 nitrogen and oxygen atoms in total. The number of nitrogens with one attached hydrogen (secondary N) is 3. The van der Waals surface area contributed by atoms with Gasteiger partial charge in [0.25, 0.3) is 5.91 Å². The van der Waals surface area contributed by atoms with Crippen molar-refractivity contribution in [2.24, 2.45) is 0 Å². The van der Waals surface area contributed by atoms with Gasteiger partial charge in [0.15, 0.2) is 0 Å². The second-order valence-corrected chi connectivity index (χ2v) is 17.5. The molecule has 8 rings (SSSR count). The number of alkyl halides is 1. The highest BCUT2D eigenvalue weighted by atomic mass is 35.5. The second kappa shape index (κ2) is 27.2.